The monoisotopic (exact) mass is 349 g/mol. The van der Waals surface area contributed by atoms with Gasteiger partial charge in [0.05, 0.1) is 6.54 Å². The van der Waals surface area contributed by atoms with Gasteiger partial charge in [0, 0.05) is 29.2 Å². The van der Waals surface area contributed by atoms with Crippen molar-refractivity contribution >= 4 is 5.91 Å². The molecule has 26 heavy (non-hydrogen) atoms. The molecule has 2 aromatic rings. The van der Waals surface area contributed by atoms with Gasteiger partial charge in [-0.1, -0.05) is 55.7 Å². The number of benzene rings is 2. The molecule has 2 aliphatic rings. The summed E-state index contributed by atoms with van der Waals surface area (Å²) < 4.78 is 0. The van der Waals surface area contributed by atoms with Crippen molar-refractivity contribution in [2.45, 2.75) is 57.7 Å². The molecule has 0 bridgehead atoms. The van der Waals surface area contributed by atoms with Crippen LogP contribution in [0.5, 0.6) is 0 Å². The van der Waals surface area contributed by atoms with Crippen LogP contribution in [0.2, 0.25) is 0 Å². The predicted molar refractivity (Wildman–Crippen MR) is 104 cm³/mol. The van der Waals surface area contributed by atoms with Crippen molar-refractivity contribution in [1.29, 1.82) is 0 Å². The van der Waals surface area contributed by atoms with Crippen molar-refractivity contribution < 1.29 is 9.69 Å². The first-order chi connectivity index (χ1) is 12.8. The SMILES string of the molecule is O=C(NC1CCCCC1)c1ccc(C[NH+]2CCc3ccccc3C2)cc1. The molecule has 0 aromatic heterocycles. The summed E-state index contributed by atoms with van der Waals surface area (Å²) in [5.41, 5.74) is 5.09. The van der Waals surface area contributed by atoms with Crippen LogP contribution in [0.25, 0.3) is 0 Å². The van der Waals surface area contributed by atoms with E-state index in [1.165, 1.54) is 42.5 Å². The molecule has 1 atom stereocenters. The van der Waals surface area contributed by atoms with Crippen molar-refractivity contribution in [3.8, 4) is 0 Å². The molecule has 1 amide bonds. The van der Waals surface area contributed by atoms with Gasteiger partial charge in [-0.05, 0) is 30.5 Å². The maximum atomic E-state index is 12.4. The van der Waals surface area contributed by atoms with Crippen LogP contribution in [0.3, 0.4) is 0 Å². The Morgan fingerprint density at radius 2 is 1.69 bits per heavy atom. The smallest absolute Gasteiger partial charge is 0.251 e. The molecular formula is C23H29N2O+. The van der Waals surface area contributed by atoms with Gasteiger partial charge in [-0.15, -0.1) is 0 Å². The zero-order valence-corrected chi connectivity index (χ0v) is 15.5. The Hall–Kier alpha value is -2.13. The molecular weight excluding hydrogens is 320 g/mol. The van der Waals surface area contributed by atoms with Crippen molar-refractivity contribution in [2.24, 2.45) is 0 Å². The standard InChI is InChI=1S/C23H28N2O/c26-23(24-22-8-2-1-3-9-22)20-12-10-18(11-13-20)16-25-15-14-19-6-4-5-7-21(19)17-25/h4-7,10-13,22H,1-3,8-9,14-17H2,(H,24,26)/p+1. The molecule has 1 heterocycles. The number of carbonyl (C=O) groups is 1. The highest BCUT2D eigenvalue weighted by Gasteiger charge is 2.20. The summed E-state index contributed by atoms with van der Waals surface area (Å²) in [5, 5.41) is 3.20. The lowest BCUT2D eigenvalue weighted by atomic mass is 9.95. The predicted octanol–water partition coefficient (Wildman–Crippen LogP) is 2.89. The minimum atomic E-state index is 0.0858. The summed E-state index contributed by atoms with van der Waals surface area (Å²) in [6, 6.07) is 17.4. The number of quaternary nitrogens is 1. The van der Waals surface area contributed by atoms with Crippen molar-refractivity contribution in [2.75, 3.05) is 6.54 Å². The van der Waals surface area contributed by atoms with Gasteiger partial charge in [0.1, 0.15) is 13.1 Å². The number of fused-ring (bicyclic) bond motifs is 1. The van der Waals surface area contributed by atoms with Gasteiger partial charge >= 0.3 is 0 Å². The zero-order chi connectivity index (χ0) is 17.8. The molecule has 0 radical (unpaired) electrons. The second-order valence-electron chi connectivity index (χ2n) is 7.88. The van der Waals surface area contributed by atoms with E-state index < -0.39 is 0 Å². The summed E-state index contributed by atoms with van der Waals surface area (Å²) in [6.07, 6.45) is 7.21. The number of carbonyl (C=O) groups excluding carboxylic acids is 1. The van der Waals surface area contributed by atoms with Gasteiger partial charge in [0.2, 0.25) is 0 Å². The maximum Gasteiger partial charge on any atom is 0.251 e. The second-order valence-corrected chi connectivity index (χ2v) is 7.88. The Morgan fingerprint density at radius 3 is 2.46 bits per heavy atom. The lowest BCUT2D eigenvalue weighted by Gasteiger charge is -2.26. The fraction of sp³-hybridized carbons (Fsp3) is 0.435. The van der Waals surface area contributed by atoms with Crippen LogP contribution in [0.4, 0.5) is 0 Å². The molecule has 4 rings (SSSR count). The van der Waals surface area contributed by atoms with Crippen LogP contribution in [0, 0.1) is 0 Å². The molecule has 2 N–H and O–H groups in total. The summed E-state index contributed by atoms with van der Waals surface area (Å²) in [5.74, 6) is 0.0858. The average Bonchev–Trinajstić information content (AvgIpc) is 2.69. The van der Waals surface area contributed by atoms with Gasteiger partial charge in [-0.25, -0.2) is 0 Å². The number of rotatable bonds is 4. The third-order valence-electron chi connectivity index (χ3n) is 5.92. The molecule has 1 aliphatic heterocycles. The van der Waals surface area contributed by atoms with Crippen LogP contribution in [-0.4, -0.2) is 18.5 Å². The summed E-state index contributed by atoms with van der Waals surface area (Å²) in [6.45, 7) is 3.31. The Labute approximate surface area is 156 Å². The van der Waals surface area contributed by atoms with E-state index in [9.17, 15) is 4.79 Å². The van der Waals surface area contributed by atoms with Crippen LogP contribution < -0.4 is 10.2 Å². The Kier molecular flexibility index (Phi) is 5.35. The number of amides is 1. The third kappa shape index (κ3) is 4.16. The normalized spacial score (nSPS) is 20.4. The molecule has 3 nitrogen and oxygen atoms in total. The minimum Gasteiger partial charge on any atom is -0.349 e. The molecule has 0 saturated heterocycles. The summed E-state index contributed by atoms with van der Waals surface area (Å²) in [4.78, 5) is 14.0. The molecule has 1 unspecified atom stereocenters. The van der Waals surface area contributed by atoms with Crippen LogP contribution in [-0.2, 0) is 19.5 Å². The largest absolute Gasteiger partial charge is 0.349 e. The van der Waals surface area contributed by atoms with Crippen molar-refractivity contribution in [1.82, 2.24) is 5.32 Å². The highest BCUT2D eigenvalue weighted by molar-refractivity contribution is 5.94. The lowest BCUT2D eigenvalue weighted by Crippen LogP contribution is -3.10. The van der Waals surface area contributed by atoms with Gasteiger partial charge in [0.25, 0.3) is 5.91 Å². The van der Waals surface area contributed by atoms with E-state index in [2.05, 4.69) is 41.7 Å². The molecule has 1 aliphatic carbocycles. The van der Waals surface area contributed by atoms with Gasteiger partial charge in [-0.2, -0.15) is 0 Å². The Morgan fingerprint density at radius 1 is 0.962 bits per heavy atom. The Balaban J connectivity index is 1.34. The highest BCUT2D eigenvalue weighted by Crippen LogP contribution is 2.18. The molecule has 136 valence electrons. The van der Waals surface area contributed by atoms with E-state index in [0.29, 0.717) is 6.04 Å². The van der Waals surface area contributed by atoms with Crippen molar-refractivity contribution in [3.05, 3.63) is 70.8 Å². The first kappa shape index (κ1) is 17.3. The molecule has 3 heteroatoms. The fourth-order valence-corrected chi connectivity index (χ4v) is 4.37. The number of hydrogen-bond acceptors (Lipinski definition) is 1. The summed E-state index contributed by atoms with van der Waals surface area (Å²) >= 11 is 0. The van der Waals surface area contributed by atoms with Crippen molar-refractivity contribution in [3.63, 3.8) is 0 Å². The van der Waals surface area contributed by atoms with E-state index in [1.54, 1.807) is 4.90 Å². The molecule has 2 aromatic carbocycles. The fourth-order valence-electron chi connectivity index (χ4n) is 4.37. The van der Waals surface area contributed by atoms with Gasteiger partial charge in [0.15, 0.2) is 0 Å². The quantitative estimate of drug-likeness (QED) is 0.874. The second kappa shape index (κ2) is 8.05. The van der Waals surface area contributed by atoms with Crippen LogP contribution >= 0.6 is 0 Å². The maximum absolute atomic E-state index is 12.4. The summed E-state index contributed by atoms with van der Waals surface area (Å²) in [7, 11) is 0. The van der Waals surface area contributed by atoms with Crippen LogP contribution in [0.15, 0.2) is 48.5 Å². The van der Waals surface area contributed by atoms with Gasteiger partial charge < -0.3 is 10.2 Å². The number of hydrogen-bond donors (Lipinski definition) is 2. The van der Waals surface area contributed by atoms with E-state index in [0.717, 1.165) is 37.9 Å². The van der Waals surface area contributed by atoms with E-state index in [-0.39, 0.29) is 5.91 Å². The van der Waals surface area contributed by atoms with E-state index >= 15 is 0 Å². The highest BCUT2D eigenvalue weighted by atomic mass is 16.1. The topological polar surface area (TPSA) is 33.5 Å². The molecule has 0 spiro atoms. The van der Waals surface area contributed by atoms with Gasteiger partial charge in [-0.3, -0.25) is 4.79 Å². The molecule has 1 saturated carbocycles. The average molecular weight is 349 g/mol. The number of nitrogens with one attached hydrogen (secondary N) is 2. The zero-order valence-electron chi connectivity index (χ0n) is 15.5. The third-order valence-corrected chi connectivity index (χ3v) is 5.92. The Bertz CT molecular complexity index is 747. The first-order valence-corrected chi connectivity index (χ1v) is 10.1. The lowest BCUT2D eigenvalue weighted by molar-refractivity contribution is -0.929. The van der Waals surface area contributed by atoms with Crippen LogP contribution in [0.1, 0.15) is 59.2 Å². The first-order valence-electron chi connectivity index (χ1n) is 10.1. The minimum absolute atomic E-state index is 0.0858. The molecule has 1 fully saturated rings. The van der Waals surface area contributed by atoms with E-state index in [4.69, 9.17) is 0 Å². The van der Waals surface area contributed by atoms with E-state index in [1.807, 2.05) is 12.1 Å².